The molecule has 1 aliphatic rings. The zero-order chi connectivity index (χ0) is 18.8. The molecule has 0 heterocycles. The van der Waals surface area contributed by atoms with Crippen molar-refractivity contribution in [2.24, 2.45) is 5.92 Å². The molecule has 0 N–H and O–H groups in total. The lowest BCUT2D eigenvalue weighted by Gasteiger charge is -2.24. The van der Waals surface area contributed by atoms with Gasteiger partial charge in [-0.2, -0.15) is 0 Å². The summed E-state index contributed by atoms with van der Waals surface area (Å²) in [4.78, 5) is 22.8. The summed E-state index contributed by atoms with van der Waals surface area (Å²) in [5.41, 5.74) is -1.17. The zero-order valence-electron chi connectivity index (χ0n) is 14.2. The monoisotopic (exact) mass is 371 g/mol. The Balaban J connectivity index is 2.66. The number of anilines is 1. The Bertz CT molecular complexity index is 753. The maximum atomic E-state index is 11.8. The Morgan fingerprint density at radius 2 is 1.68 bits per heavy atom. The van der Waals surface area contributed by atoms with E-state index in [-0.39, 0.29) is 5.69 Å². The van der Waals surface area contributed by atoms with Gasteiger partial charge in [0.05, 0.1) is 14.7 Å². The molecule has 1 aliphatic carbocycles. The highest BCUT2D eigenvalue weighted by atomic mass is 32.2. The summed E-state index contributed by atoms with van der Waals surface area (Å²) in [6.45, 7) is 2.91. The van der Waals surface area contributed by atoms with Crippen molar-refractivity contribution in [1.29, 1.82) is 0 Å². The highest BCUT2D eigenvalue weighted by molar-refractivity contribution is 7.90. The Labute approximate surface area is 145 Å². The number of hydrogen-bond acceptors (Lipinski definition) is 7. The molecular weight excluding hydrogens is 350 g/mol. The number of benzene rings is 1. The summed E-state index contributed by atoms with van der Waals surface area (Å²) in [5, 5.41) is 23.0. The van der Waals surface area contributed by atoms with Gasteiger partial charge in [-0.15, -0.1) is 0 Å². The van der Waals surface area contributed by atoms with E-state index in [0.717, 1.165) is 44.1 Å². The minimum Gasteiger partial charge on any atom is -0.360 e. The van der Waals surface area contributed by atoms with Crippen LogP contribution in [0.25, 0.3) is 0 Å². The third kappa shape index (κ3) is 4.65. The van der Waals surface area contributed by atoms with Gasteiger partial charge in [-0.1, -0.05) is 13.3 Å². The lowest BCUT2D eigenvalue weighted by atomic mass is 10.1. The normalized spacial score (nSPS) is 14.3. The SMILES string of the molecule is CCCCN(CC1CC1)c1c([N+](=O)[O-])cc(S(C)(=O)=O)cc1[N+](=O)[O-]. The first-order valence-corrected chi connectivity index (χ1v) is 9.96. The number of sulfone groups is 1. The number of hydrogen-bond donors (Lipinski definition) is 0. The van der Waals surface area contributed by atoms with Gasteiger partial charge in [0.25, 0.3) is 0 Å². The average molecular weight is 371 g/mol. The van der Waals surface area contributed by atoms with Crippen LogP contribution in [0.5, 0.6) is 0 Å². The van der Waals surface area contributed by atoms with Crippen molar-refractivity contribution in [3.63, 3.8) is 0 Å². The second-order valence-corrected chi connectivity index (χ2v) is 8.36. The molecule has 1 aromatic carbocycles. The zero-order valence-corrected chi connectivity index (χ0v) is 15.0. The highest BCUT2D eigenvalue weighted by Gasteiger charge is 2.35. The molecule has 0 atom stereocenters. The van der Waals surface area contributed by atoms with E-state index < -0.39 is 36.0 Å². The summed E-state index contributed by atoms with van der Waals surface area (Å²) < 4.78 is 23.5. The van der Waals surface area contributed by atoms with Gasteiger partial charge in [0.1, 0.15) is 0 Å². The van der Waals surface area contributed by atoms with Crippen molar-refractivity contribution in [2.45, 2.75) is 37.5 Å². The molecule has 0 amide bonds. The number of nitro benzene ring substituents is 2. The Morgan fingerprint density at radius 1 is 1.16 bits per heavy atom. The molecule has 0 aliphatic heterocycles. The van der Waals surface area contributed by atoms with Gasteiger partial charge < -0.3 is 4.90 Å². The number of rotatable bonds is 9. The maximum Gasteiger partial charge on any atom is 0.300 e. The van der Waals surface area contributed by atoms with Crippen molar-refractivity contribution < 1.29 is 18.3 Å². The molecule has 0 unspecified atom stereocenters. The van der Waals surface area contributed by atoms with Crippen molar-refractivity contribution in [3.05, 3.63) is 32.4 Å². The molecule has 9 nitrogen and oxygen atoms in total. The highest BCUT2D eigenvalue weighted by Crippen LogP contribution is 2.42. The fourth-order valence-electron chi connectivity index (χ4n) is 2.65. The molecule has 1 fully saturated rings. The summed E-state index contributed by atoms with van der Waals surface area (Å²) >= 11 is 0. The number of nitrogens with zero attached hydrogens (tertiary/aromatic N) is 3. The van der Waals surface area contributed by atoms with E-state index in [1.54, 1.807) is 4.90 Å². The molecule has 0 aromatic heterocycles. The van der Waals surface area contributed by atoms with Gasteiger partial charge in [-0.05, 0) is 25.2 Å². The fourth-order valence-corrected chi connectivity index (χ4v) is 3.30. The fraction of sp³-hybridized carbons (Fsp3) is 0.600. The summed E-state index contributed by atoms with van der Waals surface area (Å²) in [7, 11) is -3.81. The quantitative estimate of drug-likeness (QED) is 0.483. The van der Waals surface area contributed by atoms with Gasteiger partial charge in [0, 0.05) is 31.5 Å². The minimum absolute atomic E-state index is 0.0947. The molecule has 1 aromatic rings. The Hall–Kier alpha value is -2.23. The van der Waals surface area contributed by atoms with Crippen LogP contribution in [-0.2, 0) is 9.84 Å². The first-order valence-electron chi connectivity index (χ1n) is 8.07. The predicted octanol–water partition coefficient (Wildman–Crippen LogP) is 2.92. The van der Waals surface area contributed by atoms with Crippen LogP contribution in [0.4, 0.5) is 17.1 Å². The van der Waals surface area contributed by atoms with E-state index in [0.29, 0.717) is 19.0 Å². The average Bonchev–Trinajstić information content (AvgIpc) is 3.33. The van der Waals surface area contributed by atoms with Crippen molar-refractivity contribution in [3.8, 4) is 0 Å². The molecule has 2 rings (SSSR count). The molecule has 25 heavy (non-hydrogen) atoms. The van der Waals surface area contributed by atoms with Crippen molar-refractivity contribution in [1.82, 2.24) is 0 Å². The third-order valence-corrected chi connectivity index (χ3v) is 5.23. The second kappa shape index (κ2) is 7.34. The molecule has 10 heteroatoms. The van der Waals surface area contributed by atoms with Crippen molar-refractivity contribution >= 4 is 26.9 Å². The van der Waals surface area contributed by atoms with Crippen LogP contribution in [0.15, 0.2) is 17.0 Å². The molecule has 138 valence electrons. The number of unbranched alkanes of at least 4 members (excludes halogenated alkanes) is 1. The molecule has 0 bridgehead atoms. The van der Waals surface area contributed by atoms with E-state index in [9.17, 15) is 28.6 Å². The molecule has 0 radical (unpaired) electrons. The summed E-state index contributed by atoms with van der Waals surface area (Å²) in [6, 6.07) is 1.84. The maximum absolute atomic E-state index is 11.8. The lowest BCUT2D eigenvalue weighted by Crippen LogP contribution is -2.28. The Morgan fingerprint density at radius 3 is 2.04 bits per heavy atom. The summed E-state index contributed by atoms with van der Waals surface area (Å²) in [6.07, 6.45) is 4.42. The smallest absolute Gasteiger partial charge is 0.300 e. The van der Waals surface area contributed by atoms with E-state index >= 15 is 0 Å². The third-order valence-electron chi connectivity index (χ3n) is 4.14. The van der Waals surface area contributed by atoms with E-state index in [1.807, 2.05) is 6.92 Å². The lowest BCUT2D eigenvalue weighted by molar-refractivity contribution is -0.393. The first-order chi connectivity index (χ1) is 11.6. The van der Waals surface area contributed by atoms with Gasteiger partial charge >= 0.3 is 11.4 Å². The van der Waals surface area contributed by atoms with Gasteiger partial charge in [0.15, 0.2) is 15.5 Å². The molecule has 0 saturated heterocycles. The van der Waals surface area contributed by atoms with Crippen LogP contribution in [0.2, 0.25) is 0 Å². The van der Waals surface area contributed by atoms with Gasteiger partial charge in [0.2, 0.25) is 0 Å². The van der Waals surface area contributed by atoms with E-state index in [2.05, 4.69) is 0 Å². The van der Waals surface area contributed by atoms with E-state index in [4.69, 9.17) is 0 Å². The standard InChI is InChI=1S/C15H21N3O6S/c1-3-4-7-16(10-11-5-6-11)15-13(17(19)20)8-12(25(2,23)24)9-14(15)18(21)22/h8-9,11H,3-7,10H2,1-2H3. The minimum atomic E-state index is -3.81. The first kappa shape index (κ1) is 19.1. The van der Waals surface area contributed by atoms with Gasteiger partial charge in [-0.3, -0.25) is 20.2 Å². The van der Waals surface area contributed by atoms with E-state index in [1.165, 1.54) is 0 Å². The van der Waals surface area contributed by atoms with Crippen LogP contribution < -0.4 is 4.90 Å². The predicted molar refractivity (Wildman–Crippen MR) is 92.7 cm³/mol. The molecule has 1 saturated carbocycles. The largest absolute Gasteiger partial charge is 0.360 e. The number of nitro groups is 2. The second-order valence-electron chi connectivity index (χ2n) is 6.34. The Kier molecular flexibility index (Phi) is 5.61. The van der Waals surface area contributed by atoms with Crippen LogP contribution in [-0.4, -0.2) is 37.6 Å². The van der Waals surface area contributed by atoms with Gasteiger partial charge in [-0.25, -0.2) is 8.42 Å². The van der Waals surface area contributed by atoms with Crippen LogP contribution in [0.3, 0.4) is 0 Å². The topological polar surface area (TPSA) is 124 Å². The van der Waals surface area contributed by atoms with Crippen LogP contribution in [0, 0.1) is 26.1 Å². The van der Waals surface area contributed by atoms with Crippen LogP contribution >= 0.6 is 0 Å². The molecule has 0 spiro atoms. The molecular formula is C15H21N3O6S. The van der Waals surface area contributed by atoms with Crippen molar-refractivity contribution in [2.75, 3.05) is 24.2 Å². The summed E-state index contributed by atoms with van der Waals surface area (Å²) in [5.74, 6) is 0.366. The van der Waals surface area contributed by atoms with Crippen LogP contribution in [0.1, 0.15) is 32.6 Å².